The largest absolute Gasteiger partial charge is 0.398 e. The van der Waals surface area contributed by atoms with E-state index in [0.29, 0.717) is 17.3 Å². The Morgan fingerprint density at radius 1 is 1.32 bits per heavy atom. The van der Waals surface area contributed by atoms with Crippen LogP contribution in [0.3, 0.4) is 0 Å². The van der Waals surface area contributed by atoms with Crippen molar-refractivity contribution in [2.45, 2.75) is 36.9 Å². The van der Waals surface area contributed by atoms with Crippen molar-refractivity contribution in [1.29, 1.82) is 0 Å². The van der Waals surface area contributed by atoms with Crippen molar-refractivity contribution in [2.24, 2.45) is 7.05 Å². The molecule has 0 spiro atoms. The lowest BCUT2D eigenvalue weighted by Crippen LogP contribution is -2.26. The van der Waals surface area contributed by atoms with E-state index in [1.54, 1.807) is 0 Å². The molecule has 4 nitrogen and oxygen atoms in total. The average molecular weight is 393 g/mol. The fraction of sp³-hybridized carbons (Fsp3) is 0.467. The zero-order valence-electron chi connectivity index (χ0n) is 13.4. The fourth-order valence-electron chi connectivity index (χ4n) is 2.58. The van der Waals surface area contributed by atoms with Crippen LogP contribution < -0.4 is 5.69 Å². The monoisotopic (exact) mass is 393 g/mol. The van der Waals surface area contributed by atoms with Gasteiger partial charge >= 0.3 is 11.9 Å². The van der Waals surface area contributed by atoms with E-state index in [-0.39, 0.29) is 21.4 Å². The van der Waals surface area contributed by atoms with E-state index in [2.05, 4.69) is 0 Å². The van der Waals surface area contributed by atoms with Gasteiger partial charge in [-0.25, -0.2) is 9.18 Å². The van der Waals surface area contributed by atoms with Crippen molar-refractivity contribution < 1.29 is 17.6 Å². The van der Waals surface area contributed by atoms with Gasteiger partial charge in [0.25, 0.3) is 0 Å². The average Bonchev–Trinajstić information content (AvgIpc) is 3.29. The lowest BCUT2D eigenvalue weighted by Gasteiger charge is -2.13. The molecule has 0 bridgehead atoms. The maximum atomic E-state index is 14.5. The Morgan fingerprint density at radius 2 is 1.96 bits per heavy atom. The van der Waals surface area contributed by atoms with Crippen LogP contribution in [0, 0.1) is 17.5 Å². The van der Waals surface area contributed by atoms with E-state index in [9.17, 15) is 22.4 Å². The van der Waals surface area contributed by atoms with Gasteiger partial charge in [0.2, 0.25) is 0 Å². The molecule has 1 aromatic carbocycles. The fourth-order valence-corrected chi connectivity index (χ4v) is 3.69. The molecule has 1 saturated carbocycles. The van der Waals surface area contributed by atoms with Crippen LogP contribution in [-0.2, 0) is 7.05 Å². The Balaban J connectivity index is 2.10. The summed E-state index contributed by atoms with van der Waals surface area (Å²) in [6.07, 6.45) is -2.68. The van der Waals surface area contributed by atoms with Crippen LogP contribution >= 0.6 is 24.0 Å². The van der Waals surface area contributed by atoms with Gasteiger partial charge in [0.05, 0.1) is 5.75 Å². The Kier molecular flexibility index (Phi) is 4.61. The van der Waals surface area contributed by atoms with Crippen LogP contribution in [0.1, 0.15) is 24.4 Å². The summed E-state index contributed by atoms with van der Waals surface area (Å²) in [5.41, 5.74) is -0.204. The van der Waals surface area contributed by atoms with Gasteiger partial charge in [-0.05, 0) is 49.7 Å². The molecule has 136 valence electrons. The second-order valence-electron chi connectivity index (χ2n) is 5.97. The highest BCUT2D eigenvalue weighted by Gasteiger charge is 2.30. The predicted octanol–water partition coefficient (Wildman–Crippen LogP) is 4.14. The Labute approximate surface area is 150 Å². The Bertz CT molecular complexity index is 938. The summed E-state index contributed by atoms with van der Waals surface area (Å²) < 4.78 is 56.0. The smallest absolute Gasteiger partial charge is 0.264 e. The van der Waals surface area contributed by atoms with Gasteiger partial charge < -0.3 is 0 Å². The molecule has 25 heavy (non-hydrogen) atoms. The van der Waals surface area contributed by atoms with Gasteiger partial charge in [-0.3, -0.25) is 9.25 Å². The number of hydrogen-bond acceptors (Lipinski definition) is 3. The first-order valence-corrected chi connectivity index (χ1v) is 8.90. The summed E-state index contributed by atoms with van der Waals surface area (Å²) in [5, 5.41) is 0. The third-order valence-corrected chi connectivity index (χ3v) is 5.63. The van der Waals surface area contributed by atoms with Crippen LogP contribution in [0.4, 0.5) is 17.6 Å². The second kappa shape index (κ2) is 6.31. The quantitative estimate of drug-likeness (QED) is 0.445. The molecule has 2 aromatic rings. The lowest BCUT2D eigenvalue weighted by molar-refractivity contribution is -0.105. The SMILES string of the molecule is Cc1cc(F)c(-n2c(=O)n(C3CC3)c(=S)n2C)cc1SCC(F)(F)F. The summed E-state index contributed by atoms with van der Waals surface area (Å²) in [6, 6.07) is 2.42. The first-order valence-electron chi connectivity index (χ1n) is 7.51. The van der Waals surface area contributed by atoms with Gasteiger partial charge in [-0.15, -0.1) is 11.8 Å². The van der Waals surface area contributed by atoms with Crippen LogP contribution in [-0.4, -0.2) is 25.9 Å². The van der Waals surface area contributed by atoms with Crippen molar-refractivity contribution in [3.8, 4) is 5.69 Å². The summed E-state index contributed by atoms with van der Waals surface area (Å²) >= 11 is 5.81. The molecule has 0 N–H and O–H groups in total. The van der Waals surface area contributed by atoms with Crippen molar-refractivity contribution in [3.63, 3.8) is 0 Å². The van der Waals surface area contributed by atoms with E-state index in [0.717, 1.165) is 23.6 Å². The molecular weight excluding hydrogens is 378 g/mol. The van der Waals surface area contributed by atoms with E-state index < -0.39 is 23.4 Å². The third-order valence-electron chi connectivity index (χ3n) is 3.95. The summed E-state index contributed by atoms with van der Waals surface area (Å²) in [4.78, 5) is 12.9. The third kappa shape index (κ3) is 3.55. The van der Waals surface area contributed by atoms with E-state index in [4.69, 9.17) is 12.2 Å². The molecule has 1 heterocycles. The highest BCUT2D eigenvalue weighted by Crippen LogP contribution is 2.35. The summed E-state index contributed by atoms with van der Waals surface area (Å²) in [5.74, 6) is -1.77. The number of thioether (sulfide) groups is 1. The number of hydrogen-bond donors (Lipinski definition) is 0. The molecule has 3 rings (SSSR count). The first kappa shape index (κ1) is 18.2. The maximum absolute atomic E-state index is 14.5. The topological polar surface area (TPSA) is 31.9 Å². The minimum Gasteiger partial charge on any atom is -0.264 e. The van der Waals surface area contributed by atoms with Crippen molar-refractivity contribution >= 4 is 24.0 Å². The molecule has 10 heteroatoms. The molecule has 1 aliphatic rings. The van der Waals surface area contributed by atoms with Crippen LogP contribution in [0.5, 0.6) is 0 Å². The molecule has 0 amide bonds. The lowest BCUT2D eigenvalue weighted by atomic mass is 10.2. The maximum Gasteiger partial charge on any atom is 0.398 e. The van der Waals surface area contributed by atoms with Gasteiger partial charge in [0, 0.05) is 18.0 Å². The van der Waals surface area contributed by atoms with Crippen molar-refractivity contribution in [3.05, 3.63) is 38.8 Å². The zero-order valence-corrected chi connectivity index (χ0v) is 15.1. The van der Waals surface area contributed by atoms with E-state index in [1.165, 1.54) is 29.3 Å². The summed E-state index contributed by atoms with van der Waals surface area (Å²) in [7, 11) is 1.53. The Morgan fingerprint density at radius 3 is 2.52 bits per heavy atom. The number of benzene rings is 1. The first-order chi connectivity index (χ1) is 11.6. The number of alkyl halides is 3. The number of nitrogens with zero attached hydrogens (tertiary/aromatic N) is 3. The molecule has 0 unspecified atom stereocenters. The molecule has 1 aliphatic carbocycles. The minimum atomic E-state index is -4.34. The number of aromatic nitrogens is 3. The van der Waals surface area contributed by atoms with Crippen molar-refractivity contribution in [1.82, 2.24) is 13.9 Å². The predicted molar refractivity (Wildman–Crippen MR) is 89.6 cm³/mol. The van der Waals surface area contributed by atoms with Crippen LogP contribution in [0.25, 0.3) is 5.69 Å². The second-order valence-corrected chi connectivity index (χ2v) is 7.36. The molecular formula is C15H15F4N3OS2. The molecule has 0 saturated heterocycles. The van der Waals surface area contributed by atoms with Crippen molar-refractivity contribution in [2.75, 3.05) is 5.75 Å². The molecule has 1 fully saturated rings. The van der Waals surface area contributed by atoms with Crippen LogP contribution in [0.2, 0.25) is 0 Å². The normalized spacial score (nSPS) is 15.0. The number of rotatable bonds is 4. The molecule has 0 radical (unpaired) electrons. The van der Waals surface area contributed by atoms with E-state index >= 15 is 0 Å². The summed E-state index contributed by atoms with van der Waals surface area (Å²) in [6.45, 7) is 1.53. The van der Waals surface area contributed by atoms with Crippen LogP contribution in [0.15, 0.2) is 21.8 Å². The van der Waals surface area contributed by atoms with Gasteiger partial charge in [0.1, 0.15) is 11.5 Å². The standard InChI is InChI=1S/C15H15F4N3OS2/c1-8-5-10(16)11(6-12(8)25-7-15(17,18)19)22-13(23)21(9-3-4-9)14(24)20(22)2/h5-6,9H,3-4,7H2,1-2H3. The minimum absolute atomic E-state index is 0.0139. The zero-order chi connectivity index (χ0) is 18.5. The number of aryl methyl sites for hydroxylation is 1. The van der Waals surface area contributed by atoms with Gasteiger partial charge in [-0.1, -0.05) is 0 Å². The van der Waals surface area contributed by atoms with Gasteiger partial charge in [0.15, 0.2) is 4.77 Å². The Hall–Kier alpha value is -1.55. The van der Waals surface area contributed by atoms with Gasteiger partial charge in [-0.2, -0.15) is 17.9 Å². The molecule has 0 atom stereocenters. The highest BCUT2D eigenvalue weighted by atomic mass is 32.2. The molecule has 0 aliphatic heterocycles. The van der Waals surface area contributed by atoms with E-state index in [1.807, 2.05) is 0 Å². The highest BCUT2D eigenvalue weighted by molar-refractivity contribution is 7.99. The number of halogens is 4. The molecule has 1 aromatic heterocycles.